The van der Waals surface area contributed by atoms with Crippen LogP contribution in [-0.2, 0) is 23.7 Å². The Morgan fingerprint density at radius 3 is 1.46 bits per heavy atom. The fourth-order valence-corrected chi connectivity index (χ4v) is 3.63. The van der Waals surface area contributed by atoms with E-state index in [9.17, 15) is 14.4 Å². The number of benzene rings is 3. The summed E-state index contributed by atoms with van der Waals surface area (Å²) in [6, 6.07) is 25.0. The number of methoxy groups -OCH3 is 1. The van der Waals surface area contributed by atoms with Crippen molar-refractivity contribution in [1.29, 1.82) is 0 Å². The molecule has 4 atom stereocenters. The van der Waals surface area contributed by atoms with Crippen LogP contribution in [0.25, 0.3) is 0 Å². The van der Waals surface area contributed by atoms with Gasteiger partial charge in [0.15, 0.2) is 24.6 Å². The molecule has 0 N–H and O–H groups in total. The van der Waals surface area contributed by atoms with Gasteiger partial charge >= 0.3 is 17.9 Å². The first-order chi connectivity index (χ1) is 17.1. The zero-order chi connectivity index (χ0) is 24.6. The minimum Gasteiger partial charge on any atom is -0.452 e. The number of esters is 3. The minimum atomic E-state index is -1.21. The van der Waals surface area contributed by atoms with E-state index in [1.54, 1.807) is 91.0 Å². The third-order valence-electron chi connectivity index (χ3n) is 5.39. The number of hydrogen-bond acceptors (Lipinski definition) is 8. The Labute approximate surface area is 202 Å². The molecular weight excluding hydrogens is 452 g/mol. The molecular formula is C27H24O8. The van der Waals surface area contributed by atoms with Crippen molar-refractivity contribution < 1.29 is 38.1 Å². The molecule has 1 saturated heterocycles. The lowest BCUT2D eigenvalue weighted by Crippen LogP contribution is -2.58. The van der Waals surface area contributed by atoms with Gasteiger partial charge in [0.2, 0.25) is 0 Å². The van der Waals surface area contributed by atoms with E-state index < -0.39 is 42.5 Å². The Morgan fingerprint density at radius 1 is 0.629 bits per heavy atom. The lowest BCUT2D eigenvalue weighted by molar-refractivity contribution is -0.260. The van der Waals surface area contributed by atoms with E-state index in [-0.39, 0.29) is 12.2 Å². The molecule has 0 aliphatic carbocycles. The lowest BCUT2D eigenvalue weighted by Gasteiger charge is -2.40. The smallest absolute Gasteiger partial charge is 0.338 e. The largest absolute Gasteiger partial charge is 0.452 e. The van der Waals surface area contributed by atoms with Gasteiger partial charge in [0.25, 0.3) is 0 Å². The molecule has 1 aliphatic heterocycles. The van der Waals surface area contributed by atoms with Crippen LogP contribution < -0.4 is 0 Å². The molecule has 0 aromatic heterocycles. The first kappa shape index (κ1) is 24.1. The van der Waals surface area contributed by atoms with E-state index in [0.29, 0.717) is 11.1 Å². The number of carbonyl (C=O) groups excluding carboxylic acids is 3. The summed E-state index contributed by atoms with van der Waals surface area (Å²) in [4.78, 5) is 38.5. The fraction of sp³-hybridized carbons (Fsp3) is 0.222. The number of ether oxygens (including phenoxy) is 5. The van der Waals surface area contributed by atoms with Gasteiger partial charge in [-0.15, -0.1) is 0 Å². The van der Waals surface area contributed by atoms with Gasteiger partial charge in [-0.2, -0.15) is 0 Å². The molecule has 4 rings (SSSR count). The van der Waals surface area contributed by atoms with Gasteiger partial charge in [-0.3, -0.25) is 0 Å². The van der Waals surface area contributed by atoms with Crippen LogP contribution in [0.3, 0.4) is 0 Å². The van der Waals surface area contributed by atoms with Crippen LogP contribution in [0.4, 0.5) is 0 Å². The van der Waals surface area contributed by atoms with Crippen molar-refractivity contribution in [2.75, 3.05) is 13.7 Å². The maximum absolute atomic E-state index is 12.9. The van der Waals surface area contributed by atoms with Crippen molar-refractivity contribution in [3.63, 3.8) is 0 Å². The van der Waals surface area contributed by atoms with Crippen molar-refractivity contribution >= 4 is 17.9 Å². The third-order valence-corrected chi connectivity index (χ3v) is 5.39. The minimum absolute atomic E-state index is 0.136. The Hall–Kier alpha value is -4.01. The molecule has 0 bridgehead atoms. The summed E-state index contributed by atoms with van der Waals surface area (Å²) in [5, 5.41) is 0. The predicted molar refractivity (Wildman–Crippen MR) is 124 cm³/mol. The summed E-state index contributed by atoms with van der Waals surface area (Å²) in [5.74, 6) is -1.98. The van der Waals surface area contributed by atoms with Crippen LogP contribution in [0.5, 0.6) is 0 Å². The maximum atomic E-state index is 12.9. The topological polar surface area (TPSA) is 97.4 Å². The fourth-order valence-electron chi connectivity index (χ4n) is 3.63. The summed E-state index contributed by atoms with van der Waals surface area (Å²) in [5.41, 5.74) is 0.889. The summed E-state index contributed by atoms with van der Waals surface area (Å²) in [7, 11) is 1.38. The Morgan fingerprint density at radius 2 is 1.03 bits per heavy atom. The molecule has 1 fully saturated rings. The highest BCUT2D eigenvalue weighted by atomic mass is 16.7. The predicted octanol–water partition coefficient (Wildman–Crippen LogP) is 3.67. The molecule has 0 radical (unpaired) electrons. The van der Waals surface area contributed by atoms with Crippen molar-refractivity contribution in [3.05, 3.63) is 108 Å². The highest BCUT2D eigenvalue weighted by molar-refractivity contribution is 5.91. The normalized spacial score (nSPS) is 21.5. The molecule has 1 aliphatic rings. The maximum Gasteiger partial charge on any atom is 0.338 e. The monoisotopic (exact) mass is 476 g/mol. The summed E-state index contributed by atoms with van der Waals surface area (Å²) < 4.78 is 28.1. The Kier molecular flexibility index (Phi) is 7.87. The van der Waals surface area contributed by atoms with E-state index in [2.05, 4.69) is 0 Å². The molecule has 3 aromatic rings. The van der Waals surface area contributed by atoms with E-state index in [4.69, 9.17) is 23.7 Å². The summed E-state index contributed by atoms with van der Waals surface area (Å²) in [6.45, 7) is -0.136. The number of carbonyl (C=O) groups is 3. The van der Waals surface area contributed by atoms with Crippen molar-refractivity contribution in [3.8, 4) is 0 Å². The van der Waals surface area contributed by atoms with Gasteiger partial charge in [0.05, 0.1) is 23.3 Å². The van der Waals surface area contributed by atoms with Crippen LogP contribution >= 0.6 is 0 Å². The summed E-state index contributed by atoms with van der Waals surface area (Å²) >= 11 is 0. The SMILES string of the molecule is COC1OC[C@H](OC(=O)c2ccccc2)[C@H](OC(=O)c2ccccc2)[C@H]1OC(=O)c1ccccc1. The molecule has 1 heterocycles. The number of rotatable bonds is 7. The summed E-state index contributed by atoms with van der Waals surface area (Å²) in [6.07, 6.45) is -4.51. The van der Waals surface area contributed by atoms with Crippen LogP contribution in [0.15, 0.2) is 91.0 Å². The average molecular weight is 476 g/mol. The second-order valence-electron chi connectivity index (χ2n) is 7.72. The molecule has 0 spiro atoms. The lowest BCUT2D eigenvalue weighted by atomic mass is 10.0. The Bertz CT molecular complexity index is 1130. The quantitative estimate of drug-likeness (QED) is 0.376. The van der Waals surface area contributed by atoms with E-state index in [1.807, 2.05) is 0 Å². The first-order valence-corrected chi connectivity index (χ1v) is 11.0. The second kappa shape index (κ2) is 11.4. The van der Waals surface area contributed by atoms with Gasteiger partial charge in [-0.25, -0.2) is 14.4 Å². The molecule has 1 unspecified atom stereocenters. The van der Waals surface area contributed by atoms with Crippen LogP contribution in [0.2, 0.25) is 0 Å². The van der Waals surface area contributed by atoms with E-state index >= 15 is 0 Å². The van der Waals surface area contributed by atoms with Gasteiger partial charge in [0.1, 0.15) is 0 Å². The van der Waals surface area contributed by atoms with E-state index in [0.717, 1.165) is 0 Å². The molecule has 0 saturated carbocycles. The zero-order valence-electron chi connectivity index (χ0n) is 18.9. The highest BCUT2D eigenvalue weighted by Gasteiger charge is 2.48. The third kappa shape index (κ3) is 5.92. The first-order valence-electron chi connectivity index (χ1n) is 11.0. The standard InChI is InChI=1S/C27H24O8/c1-31-27-23(35-26(30)20-15-9-4-10-16-20)22(34-25(29)19-13-7-3-8-14-19)21(17-32-27)33-24(28)18-11-5-2-6-12-18/h2-16,21-23,27H,17H2,1H3/t21-,22-,23+,27?/m0/s1. The van der Waals surface area contributed by atoms with E-state index in [1.165, 1.54) is 7.11 Å². The van der Waals surface area contributed by atoms with Crippen molar-refractivity contribution in [2.24, 2.45) is 0 Å². The molecule has 3 aromatic carbocycles. The molecule has 35 heavy (non-hydrogen) atoms. The molecule has 180 valence electrons. The van der Waals surface area contributed by atoms with Crippen LogP contribution in [0, 0.1) is 0 Å². The molecule has 8 nitrogen and oxygen atoms in total. The second-order valence-corrected chi connectivity index (χ2v) is 7.72. The van der Waals surface area contributed by atoms with Crippen molar-refractivity contribution in [2.45, 2.75) is 24.6 Å². The van der Waals surface area contributed by atoms with Crippen LogP contribution in [0.1, 0.15) is 31.1 Å². The van der Waals surface area contributed by atoms with Gasteiger partial charge in [-0.05, 0) is 36.4 Å². The van der Waals surface area contributed by atoms with Crippen LogP contribution in [-0.4, -0.2) is 56.2 Å². The van der Waals surface area contributed by atoms with Gasteiger partial charge in [-0.1, -0.05) is 54.6 Å². The Balaban J connectivity index is 1.62. The zero-order valence-corrected chi connectivity index (χ0v) is 18.9. The highest BCUT2D eigenvalue weighted by Crippen LogP contribution is 2.27. The van der Waals surface area contributed by atoms with Crippen molar-refractivity contribution in [1.82, 2.24) is 0 Å². The number of hydrogen-bond donors (Lipinski definition) is 0. The molecule has 8 heteroatoms. The van der Waals surface area contributed by atoms with Gasteiger partial charge < -0.3 is 23.7 Å². The molecule has 0 amide bonds. The average Bonchev–Trinajstić information content (AvgIpc) is 2.91. The van der Waals surface area contributed by atoms with Gasteiger partial charge in [0, 0.05) is 7.11 Å².